The topological polar surface area (TPSA) is 91.6 Å². The van der Waals surface area contributed by atoms with E-state index in [0.717, 1.165) is 0 Å². The maximum absolute atomic E-state index is 11.9. The van der Waals surface area contributed by atoms with Gasteiger partial charge >= 0.3 is 5.97 Å². The van der Waals surface area contributed by atoms with Crippen molar-refractivity contribution in [1.82, 2.24) is 4.98 Å². The van der Waals surface area contributed by atoms with Crippen molar-refractivity contribution in [3.8, 4) is 5.75 Å². The highest BCUT2D eigenvalue weighted by Gasteiger charge is 2.11. The molecule has 8 heteroatoms. The van der Waals surface area contributed by atoms with Crippen molar-refractivity contribution < 1.29 is 19.5 Å². The molecular weight excluding hydrogens is 312 g/mol. The second-order valence-corrected chi connectivity index (χ2v) is 4.14. The molecule has 1 heterocycles. The molecule has 2 rings (SSSR count). The molecule has 1 aromatic carbocycles. The Bertz CT molecular complexity index is 664. The van der Waals surface area contributed by atoms with Gasteiger partial charge in [0.2, 0.25) is 0 Å². The van der Waals surface area contributed by atoms with Crippen molar-refractivity contribution in [2.24, 2.45) is 0 Å². The highest BCUT2D eigenvalue weighted by atomic mass is 35.5. The lowest BCUT2D eigenvalue weighted by atomic mass is 10.2. The van der Waals surface area contributed by atoms with Crippen LogP contribution in [0.25, 0.3) is 0 Å². The summed E-state index contributed by atoms with van der Waals surface area (Å²) in [5.41, 5.74) is 1.25. The van der Waals surface area contributed by atoms with Crippen molar-refractivity contribution in [2.45, 2.75) is 13.5 Å². The van der Waals surface area contributed by atoms with Crippen LogP contribution in [0.1, 0.15) is 21.7 Å². The van der Waals surface area contributed by atoms with Gasteiger partial charge in [-0.25, -0.2) is 4.79 Å². The van der Waals surface area contributed by atoms with Crippen LogP contribution >= 0.6 is 12.4 Å². The number of carbonyl (C=O) groups excluding carboxylic acids is 1. The van der Waals surface area contributed by atoms with Gasteiger partial charge in [0.05, 0.1) is 17.0 Å². The molecule has 0 N–H and O–H groups in total. The van der Waals surface area contributed by atoms with E-state index < -0.39 is 11.1 Å². The fourth-order valence-corrected chi connectivity index (χ4v) is 1.64. The van der Waals surface area contributed by atoms with Gasteiger partial charge in [-0.1, -0.05) is 18.2 Å². The molecule has 0 unspecified atom stereocenters. The third-order valence-electron chi connectivity index (χ3n) is 2.62. The second kappa shape index (κ2) is 7.94. The number of aryl methyl sites for hydroxylation is 1. The summed E-state index contributed by atoms with van der Waals surface area (Å²) >= 11 is 0. The van der Waals surface area contributed by atoms with Crippen molar-refractivity contribution >= 4 is 18.4 Å². The highest BCUT2D eigenvalue weighted by molar-refractivity contribution is 5.91. The van der Waals surface area contributed by atoms with Crippen LogP contribution in [0, 0.1) is 17.0 Å². The molecule has 1 aromatic heterocycles. The summed E-state index contributed by atoms with van der Waals surface area (Å²) in [5.74, 6) is -0.191. The Morgan fingerprint density at radius 1 is 1.23 bits per heavy atom. The van der Waals surface area contributed by atoms with Gasteiger partial charge in [0.25, 0.3) is 5.09 Å². The Balaban J connectivity index is 0.00000242. The van der Waals surface area contributed by atoms with Gasteiger partial charge in [-0.2, -0.15) is 0 Å². The smallest absolute Gasteiger partial charge is 0.343 e. The van der Waals surface area contributed by atoms with Crippen molar-refractivity contribution in [1.29, 1.82) is 0 Å². The SMILES string of the molecule is Cc1nc(CO[N+](=O)[O-])ccc1OC(=O)c1ccccc1.Cl. The van der Waals surface area contributed by atoms with E-state index in [2.05, 4.69) is 9.82 Å². The molecule has 0 bridgehead atoms. The van der Waals surface area contributed by atoms with Crippen LogP contribution in [-0.4, -0.2) is 16.0 Å². The molecule has 0 spiro atoms. The standard InChI is InChI=1S/C14H12N2O5.ClH/c1-10-13(8-7-12(15-10)9-20-16(18)19)21-14(17)11-5-3-2-4-6-11;/h2-8H,9H2,1H3;1H. The highest BCUT2D eigenvalue weighted by Crippen LogP contribution is 2.18. The average molecular weight is 325 g/mol. The first-order chi connectivity index (χ1) is 10.1. The van der Waals surface area contributed by atoms with E-state index in [4.69, 9.17) is 4.74 Å². The largest absolute Gasteiger partial charge is 0.421 e. The molecule has 0 radical (unpaired) electrons. The Kier molecular flexibility index (Phi) is 6.27. The summed E-state index contributed by atoms with van der Waals surface area (Å²) in [5, 5.41) is 9.22. The third kappa shape index (κ3) is 4.71. The third-order valence-corrected chi connectivity index (χ3v) is 2.62. The van der Waals surface area contributed by atoms with Crippen molar-refractivity contribution in [3.63, 3.8) is 0 Å². The lowest BCUT2D eigenvalue weighted by Gasteiger charge is -2.08. The van der Waals surface area contributed by atoms with Crippen LogP contribution in [0.2, 0.25) is 0 Å². The fourth-order valence-electron chi connectivity index (χ4n) is 1.64. The minimum atomic E-state index is -0.889. The second-order valence-electron chi connectivity index (χ2n) is 4.14. The molecule has 116 valence electrons. The Morgan fingerprint density at radius 3 is 2.50 bits per heavy atom. The summed E-state index contributed by atoms with van der Waals surface area (Å²) in [4.78, 5) is 30.3. The van der Waals surface area contributed by atoms with E-state index in [1.807, 2.05) is 0 Å². The van der Waals surface area contributed by atoms with Gasteiger partial charge in [-0.15, -0.1) is 22.5 Å². The molecule has 0 saturated heterocycles. The lowest BCUT2D eigenvalue weighted by molar-refractivity contribution is -0.763. The Hall–Kier alpha value is -2.67. The first-order valence-corrected chi connectivity index (χ1v) is 6.07. The number of rotatable bonds is 5. The molecular formula is C14H13ClN2O5. The number of esters is 1. The molecule has 0 atom stereocenters. The van der Waals surface area contributed by atoms with Crippen LogP contribution in [0.3, 0.4) is 0 Å². The van der Waals surface area contributed by atoms with E-state index in [1.165, 1.54) is 12.1 Å². The Morgan fingerprint density at radius 2 is 1.91 bits per heavy atom. The maximum Gasteiger partial charge on any atom is 0.343 e. The van der Waals surface area contributed by atoms with Gasteiger partial charge in [0.1, 0.15) is 6.61 Å². The number of ether oxygens (including phenoxy) is 1. The number of carbonyl (C=O) groups is 1. The molecule has 22 heavy (non-hydrogen) atoms. The molecule has 2 aromatic rings. The minimum absolute atomic E-state index is 0. The average Bonchev–Trinajstić information content (AvgIpc) is 2.48. The number of pyridine rings is 1. The maximum atomic E-state index is 11.9. The zero-order chi connectivity index (χ0) is 15.2. The van der Waals surface area contributed by atoms with E-state index in [1.54, 1.807) is 37.3 Å². The first kappa shape index (κ1) is 17.4. The van der Waals surface area contributed by atoms with E-state index >= 15 is 0 Å². The molecule has 0 aliphatic rings. The van der Waals surface area contributed by atoms with Crippen LogP contribution in [0.4, 0.5) is 0 Å². The number of nitrogens with zero attached hydrogens (tertiary/aromatic N) is 2. The van der Waals surface area contributed by atoms with Crippen LogP contribution in [0.5, 0.6) is 5.75 Å². The van der Waals surface area contributed by atoms with Gasteiger partial charge in [0, 0.05) is 0 Å². The van der Waals surface area contributed by atoms with Crippen LogP contribution in [0.15, 0.2) is 42.5 Å². The summed E-state index contributed by atoms with van der Waals surface area (Å²) < 4.78 is 5.24. The zero-order valence-corrected chi connectivity index (χ0v) is 12.4. The molecule has 0 fully saturated rings. The predicted molar refractivity (Wildman–Crippen MR) is 79.4 cm³/mol. The van der Waals surface area contributed by atoms with Gasteiger partial charge in [-0.3, -0.25) is 4.98 Å². The monoisotopic (exact) mass is 324 g/mol. The molecule has 0 aliphatic heterocycles. The molecule has 0 aliphatic carbocycles. The van der Waals surface area contributed by atoms with E-state index in [-0.39, 0.29) is 19.0 Å². The van der Waals surface area contributed by atoms with Crippen molar-refractivity contribution in [3.05, 3.63) is 69.5 Å². The summed E-state index contributed by atoms with van der Waals surface area (Å²) in [7, 11) is 0. The lowest BCUT2D eigenvalue weighted by Crippen LogP contribution is -2.10. The van der Waals surface area contributed by atoms with Crippen LogP contribution in [-0.2, 0) is 11.4 Å². The summed E-state index contributed by atoms with van der Waals surface area (Å²) in [6, 6.07) is 11.6. The quantitative estimate of drug-likeness (QED) is 0.477. The number of aromatic nitrogens is 1. The van der Waals surface area contributed by atoms with Crippen LogP contribution < -0.4 is 4.74 Å². The number of halogens is 1. The summed E-state index contributed by atoms with van der Waals surface area (Å²) in [6.07, 6.45) is 0. The number of benzene rings is 1. The van der Waals surface area contributed by atoms with Gasteiger partial charge < -0.3 is 9.57 Å². The summed E-state index contributed by atoms with van der Waals surface area (Å²) in [6.45, 7) is 1.39. The Labute approximate surface area is 132 Å². The van der Waals surface area contributed by atoms with E-state index in [9.17, 15) is 14.9 Å². The minimum Gasteiger partial charge on any atom is -0.421 e. The fraction of sp³-hybridized carbons (Fsp3) is 0.143. The molecule has 7 nitrogen and oxygen atoms in total. The number of hydrogen-bond donors (Lipinski definition) is 0. The normalized spacial score (nSPS) is 9.50. The zero-order valence-electron chi connectivity index (χ0n) is 11.6. The predicted octanol–water partition coefficient (Wildman–Crippen LogP) is 2.74. The molecule has 0 amide bonds. The molecule has 0 saturated carbocycles. The van der Waals surface area contributed by atoms with Crippen molar-refractivity contribution in [2.75, 3.05) is 0 Å². The first-order valence-electron chi connectivity index (χ1n) is 6.07. The van der Waals surface area contributed by atoms with E-state index in [0.29, 0.717) is 22.7 Å². The van der Waals surface area contributed by atoms with Gasteiger partial charge in [0.15, 0.2) is 5.75 Å². The number of hydrogen-bond acceptors (Lipinski definition) is 6. The van der Waals surface area contributed by atoms with Gasteiger partial charge in [-0.05, 0) is 31.2 Å².